The van der Waals surface area contributed by atoms with Crippen molar-refractivity contribution < 1.29 is 17.9 Å². The summed E-state index contributed by atoms with van der Waals surface area (Å²) < 4.78 is 39.0. The second kappa shape index (κ2) is 7.90. The molecule has 5 nitrogen and oxygen atoms in total. The Labute approximate surface area is 161 Å². The second-order valence-electron chi connectivity index (χ2n) is 7.20. The van der Waals surface area contributed by atoms with Gasteiger partial charge in [-0.2, -0.15) is 4.31 Å². The maximum atomic E-state index is 13.1. The Balaban J connectivity index is 1.43. The van der Waals surface area contributed by atoms with Crippen LogP contribution in [0, 0.1) is 5.92 Å². The van der Waals surface area contributed by atoms with E-state index in [0.717, 1.165) is 25.7 Å². The van der Waals surface area contributed by atoms with Gasteiger partial charge in [-0.15, -0.1) is 0 Å². The van der Waals surface area contributed by atoms with Gasteiger partial charge in [-0.25, -0.2) is 8.42 Å². The van der Waals surface area contributed by atoms with Crippen LogP contribution in [0.2, 0.25) is 0 Å². The van der Waals surface area contributed by atoms with Crippen LogP contribution in [0.1, 0.15) is 24.8 Å². The van der Waals surface area contributed by atoms with Crippen molar-refractivity contribution >= 4 is 10.0 Å². The molecule has 6 heteroatoms. The first-order valence-corrected chi connectivity index (χ1v) is 11.0. The van der Waals surface area contributed by atoms with Crippen LogP contribution in [0.5, 0.6) is 11.5 Å². The van der Waals surface area contributed by atoms with Crippen LogP contribution in [-0.4, -0.2) is 39.0 Å². The van der Waals surface area contributed by atoms with Gasteiger partial charge in [0.2, 0.25) is 10.0 Å². The van der Waals surface area contributed by atoms with Gasteiger partial charge in [0.1, 0.15) is 0 Å². The van der Waals surface area contributed by atoms with Crippen molar-refractivity contribution in [2.45, 2.75) is 30.6 Å². The standard InChI is InChI=1S/C21H25NO4S/c23-27(24,19-7-8-20-21(16-19)26-14-4-13-25-20)22-11-9-18(10-12-22)15-17-5-2-1-3-6-17/h1-3,5-8,16,18H,4,9-15H2. The number of fused-ring (bicyclic) bond motifs is 1. The summed E-state index contributed by atoms with van der Waals surface area (Å²) in [5, 5.41) is 0. The fourth-order valence-electron chi connectivity index (χ4n) is 3.75. The second-order valence-corrected chi connectivity index (χ2v) is 9.13. The molecular formula is C21H25NO4S. The zero-order valence-corrected chi connectivity index (χ0v) is 16.2. The minimum absolute atomic E-state index is 0.285. The molecule has 0 N–H and O–H groups in total. The monoisotopic (exact) mass is 387 g/mol. The van der Waals surface area contributed by atoms with E-state index in [0.29, 0.717) is 43.7 Å². The summed E-state index contributed by atoms with van der Waals surface area (Å²) in [6, 6.07) is 15.3. The lowest BCUT2D eigenvalue weighted by Gasteiger charge is -2.31. The lowest BCUT2D eigenvalue weighted by atomic mass is 9.91. The highest BCUT2D eigenvalue weighted by Crippen LogP contribution is 2.34. The molecule has 2 aliphatic heterocycles. The topological polar surface area (TPSA) is 55.8 Å². The van der Waals surface area contributed by atoms with Crippen LogP contribution < -0.4 is 9.47 Å². The van der Waals surface area contributed by atoms with Crippen LogP contribution in [0.3, 0.4) is 0 Å². The Bertz CT molecular complexity index is 874. The van der Waals surface area contributed by atoms with Crippen LogP contribution in [0.15, 0.2) is 53.4 Å². The van der Waals surface area contributed by atoms with E-state index in [1.165, 1.54) is 5.56 Å². The van der Waals surface area contributed by atoms with Gasteiger partial charge < -0.3 is 9.47 Å². The first kappa shape index (κ1) is 18.3. The molecule has 144 valence electrons. The molecule has 0 aliphatic carbocycles. The molecule has 2 aliphatic rings. The Morgan fingerprint density at radius 2 is 1.63 bits per heavy atom. The van der Waals surface area contributed by atoms with Gasteiger partial charge in [-0.05, 0) is 42.9 Å². The van der Waals surface area contributed by atoms with Crippen LogP contribution >= 0.6 is 0 Å². The quantitative estimate of drug-likeness (QED) is 0.806. The molecule has 0 saturated carbocycles. The molecule has 0 amide bonds. The summed E-state index contributed by atoms with van der Waals surface area (Å²) in [5.74, 6) is 1.67. The molecule has 2 aromatic carbocycles. The van der Waals surface area contributed by atoms with E-state index in [9.17, 15) is 8.42 Å². The highest BCUT2D eigenvalue weighted by atomic mass is 32.2. The summed E-state index contributed by atoms with van der Waals surface area (Å²) in [4.78, 5) is 0.285. The zero-order valence-electron chi connectivity index (χ0n) is 15.3. The predicted molar refractivity (Wildman–Crippen MR) is 104 cm³/mol. The molecule has 0 atom stereocenters. The number of sulfonamides is 1. The SMILES string of the molecule is O=S(=O)(c1ccc2c(c1)OCCCO2)N1CCC(Cc2ccccc2)CC1. The van der Waals surface area contributed by atoms with Gasteiger partial charge >= 0.3 is 0 Å². The average Bonchev–Trinajstić information content (AvgIpc) is 2.94. The smallest absolute Gasteiger partial charge is 0.243 e. The third kappa shape index (κ3) is 4.12. The largest absolute Gasteiger partial charge is 0.490 e. The van der Waals surface area contributed by atoms with Gasteiger partial charge in [-0.3, -0.25) is 0 Å². The summed E-state index contributed by atoms with van der Waals surface area (Å²) in [5.41, 5.74) is 1.32. The first-order valence-electron chi connectivity index (χ1n) is 9.57. The third-order valence-electron chi connectivity index (χ3n) is 5.30. The molecule has 27 heavy (non-hydrogen) atoms. The number of hydrogen-bond donors (Lipinski definition) is 0. The van der Waals surface area contributed by atoms with Gasteiger partial charge in [0.15, 0.2) is 11.5 Å². The number of benzene rings is 2. The Morgan fingerprint density at radius 3 is 2.37 bits per heavy atom. The fourth-order valence-corrected chi connectivity index (χ4v) is 5.24. The van der Waals surface area contributed by atoms with E-state index in [1.54, 1.807) is 22.5 Å². The summed E-state index contributed by atoms with van der Waals surface area (Å²) >= 11 is 0. The minimum atomic E-state index is -3.51. The molecule has 2 heterocycles. The van der Waals surface area contributed by atoms with Gasteiger partial charge in [0, 0.05) is 25.6 Å². The number of piperidine rings is 1. The van der Waals surface area contributed by atoms with E-state index in [1.807, 2.05) is 6.07 Å². The minimum Gasteiger partial charge on any atom is -0.490 e. The normalized spacial score (nSPS) is 18.8. The van der Waals surface area contributed by atoms with Crippen molar-refractivity contribution in [1.29, 1.82) is 0 Å². The highest BCUT2D eigenvalue weighted by molar-refractivity contribution is 7.89. The molecule has 0 aromatic heterocycles. The van der Waals surface area contributed by atoms with E-state index in [2.05, 4.69) is 24.3 Å². The van der Waals surface area contributed by atoms with Crippen molar-refractivity contribution in [2.24, 2.45) is 5.92 Å². The number of rotatable bonds is 4. The van der Waals surface area contributed by atoms with Gasteiger partial charge in [0.05, 0.1) is 18.1 Å². The first-order chi connectivity index (χ1) is 13.1. The van der Waals surface area contributed by atoms with Crippen molar-refractivity contribution in [3.63, 3.8) is 0 Å². The average molecular weight is 388 g/mol. The third-order valence-corrected chi connectivity index (χ3v) is 7.19. The van der Waals surface area contributed by atoms with E-state index >= 15 is 0 Å². The molecule has 1 saturated heterocycles. The fraction of sp³-hybridized carbons (Fsp3) is 0.429. The maximum absolute atomic E-state index is 13.1. The molecule has 1 fully saturated rings. The van der Waals surface area contributed by atoms with Crippen molar-refractivity contribution in [2.75, 3.05) is 26.3 Å². The van der Waals surface area contributed by atoms with Gasteiger partial charge in [-0.1, -0.05) is 30.3 Å². The molecule has 2 aromatic rings. The van der Waals surface area contributed by atoms with Crippen LogP contribution in [0.4, 0.5) is 0 Å². The molecule has 0 unspecified atom stereocenters. The van der Waals surface area contributed by atoms with Gasteiger partial charge in [0.25, 0.3) is 0 Å². The highest BCUT2D eigenvalue weighted by Gasteiger charge is 2.30. The Hall–Kier alpha value is -2.05. The van der Waals surface area contributed by atoms with Crippen LogP contribution in [-0.2, 0) is 16.4 Å². The number of ether oxygens (including phenoxy) is 2. The Kier molecular flexibility index (Phi) is 5.36. The lowest BCUT2D eigenvalue weighted by molar-refractivity contribution is 0.272. The van der Waals surface area contributed by atoms with E-state index < -0.39 is 10.0 Å². The molecule has 0 spiro atoms. The summed E-state index contributed by atoms with van der Waals surface area (Å²) in [7, 11) is -3.51. The number of hydrogen-bond acceptors (Lipinski definition) is 4. The molecular weight excluding hydrogens is 362 g/mol. The van der Waals surface area contributed by atoms with E-state index in [-0.39, 0.29) is 4.90 Å². The Morgan fingerprint density at radius 1 is 0.926 bits per heavy atom. The molecule has 0 radical (unpaired) electrons. The van der Waals surface area contributed by atoms with Crippen LogP contribution in [0.25, 0.3) is 0 Å². The van der Waals surface area contributed by atoms with Crippen molar-refractivity contribution in [1.82, 2.24) is 4.31 Å². The van der Waals surface area contributed by atoms with Crippen molar-refractivity contribution in [3.05, 3.63) is 54.1 Å². The van der Waals surface area contributed by atoms with E-state index in [4.69, 9.17) is 9.47 Å². The summed E-state index contributed by atoms with van der Waals surface area (Å²) in [6.45, 7) is 2.26. The maximum Gasteiger partial charge on any atom is 0.243 e. The lowest BCUT2D eigenvalue weighted by Crippen LogP contribution is -2.38. The molecule has 4 rings (SSSR count). The summed E-state index contributed by atoms with van der Waals surface area (Å²) in [6.07, 6.45) is 3.59. The molecule has 0 bridgehead atoms. The van der Waals surface area contributed by atoms with Crippen molar-refractivity contribution in [3.8, 4) is 11.5 Å². The predicted octanol–water partition coefficient (Wildman–Crippen LogP) is 3.49. The zero-order chi connectivity index (χ0) is 18.7. The number of nitrogens with zero attached hydrogens (tertiary/aromatic N) is 1.